The van der Waals surface area contributed by atoms with Crippen LogP contribution in [0.4, 0.5) is 5.69 Å². The van der Waals surface area contributed by atoms with Crippen molar-refractivity contribution in [2.24, 2.45) is 0 Å². The third-order valence-electron chi connectivity index (χ3n) is 6.35. The van der Waals surface area contributed by atoms with Crippen LogP contribution in [0.5, 0.6) is 11.5 Å². The summed E-state index contributed by atoms with van der Waals surface area (Å²) in [5, 5.41) is 3.68. The topological polar surface area (TPSA) is 105 Å². The largest absolute Gasteiger partial charge is 0.454 e. The number of amides is 2. The van der Waals surface area contributed by atoms with E-state index in [1.807, 2.05) is 13.8 Å². The summed E-state index contributed by atoms with van der Waals surface area (Å²) in [5.41, 5.74) is 0.940. The van der Waals surface area contributed by atoms with Crippen molar-refractivity contribution in [2.45, 2.75) is 58.7 Å². The van der Waals surface area contributed by atoms with Crippen molar-refractivity contribution in [3.05, 3.63) is 52.0 Å². The predicted octanol–water partition coefficient (Wildman–Crippen LogP) is 4.60. The Kier molecular flexibility index (Phi) is 10.1. The minimum atomic E-state index is -3.65. The summed E-state index contributed by atoms with van der Waals surface area (Å²) in [4.78, 5) is 27.8. The van der Waals surface area contributed by atoms with Crippen LogP contribution in [-0.2, 0) is 26.2 Å². The van der Waals surface area contributed by atoms with Crippen LogP contribution in [0.3, 0.4) is 0 Å². The van der Waals surface area contributed by atoms with Crippen molar-refractivity contribution in [1.82, 2.24) is 10.2 Å². The fraction of sp³-hybridized carbons (Fsp3) is 0.462. The molecule has 9 nitrogen and oxygen atoms in total. The maximum Gasteiger partial charge on any atom is 0.242 e. The zero-order valence-electron chi connectivity index (χ0n) is 21.9. The summed E-state index contributed by atoms with van der Waals surface area (Å²) in [6.45, 7) is 5.64. The van der Waals surface area contributed by atoms with Crippen molar-refractivity contribution < 1.29 is 27.5 Å². The van der Waals surface area contributed by atoms with E-state index in [1.165, 1.54) is 9.21 Å². The first-order valence-corrected chi connectivity index (χ1v) is 14.9. The highest BCUT2D eigenvalue weighted by Crippen LogP contribution is 2.36. The highest BCUT2D eigenvalue weighted by Gasteiger charge is 2.28. The first-order chi connectivity index (χ1) is 17.9. The van der Waals surface area contributed by atoms with Gasteiger partial charge in [-0.3, -0.25) is 13.9 Å². The van der Waals surface area contributed by atoms with Crippen LogP contribution in [0.1, 0.15) is 45.6 Å². The fourth-order valence-electron chi connectivity index (χ4n) is 3.95. The number of anilines is 1. The molecule has 2 aromatic carbocycles. The standard InChI is InChI=1S/C26H33Cl2N3O6S/c1-5-17(2)29-26(33)18(3)30(15-20-21(27)8-6-9-22(20)28)25(32)10-7-13-31(38(4,34)35)19-11-12-23-24(14-19)37-16-36-23/h6,8-9,11-12,14,17-18H,5,7,10,13,15-16H2,1-4H3,(H,29,33)/t17-,18-/m0/s1. The van der Waals surface area contributed by atoms with Gasteiger partial charge in [-0.15, -0.1) is 0 Å². The van der Waals surface area contributed by atoms with Gasteiger partial charge in [-0.05, 0) is 51.0 Å². The lowest BCUT2D eigenvalue weighted by Gasteiger charge is -2.30. The van der Waals surface area contributed by atoms with Gasteiger partial charge in [-0.25, -0.2) is 8.42 Å². The lowest BCUT2D eigenvalue weighted by atomic mass is 10.1. The number of fused-ring (bicyclic) bond motifs is 1. The van der Waals surface area contributed by atoms with Crippen LogP contribution in [0.15, 0.2) is 36.4 Å². The number of hydrogen-bond donors (Lipinski definition) is 1. The average molecular weight is 587 g/mol. The fourth-order valence-corrected chi connectivity index (χ4v) is 5.42. The number of halogens is 2. The lowest BCUT2D eigenvalue weighted by molar-refractivity contribution is -0.140. The number of nitrogens with zero attached hydrogens (tertiary/aromatic N) is 2. The molecule has 208 valence electrons. The molecule has 0 fully saturated rings. The molecule has 3 rings (SSSR count). The molecule has 0 aromatic heterocycles. The second-order valence-electron chi connectivity index (χ2n) is 9.19. The van der Waals surface area contributed by atoms with Crippen LogP contribution < -0.4 is 19.1 Å². The second kappa shape index (κ2) is 12.9. The van der Waals surface area contributed by atoms with E-state index < -0.39 is 16.1 Å². The molecule has 1 aliphatic heterocycles. The molecule has 1 N–H and O–H groups in total. The van der Waals surface area contributed by atoms with Gasteiger partial charge in [0.2, 0.25) is 28.6 Å². The van der Waals surface area contributed by atoms with Crippen molar-refractivity contribution in [3.63, 3.8) is 0 Å². The maximum atomic E-state index is 13.4. The van der Waals surface area contributed by atoms with Crippen molar-refractivity contribution in [2.75, 3.05) is 23.9 Å². The van der Waals surface area contributed by atoms with Gasteiger partial charge in [0.1, 0.15) is 6.04 Å². The number of carbonyl (C=O) groups excluding carboxylic acids is 2. The smallest absolute Gasteiger partial charge is 0.242 e. The van der Waals surface area contributed by atoms with E-state index in [0.717, 1.165) is 12.7 Å². The average Bonchev–Trinajstić information content (AvgIpc) is 3.33. The SMILES string of the molecule is CC[C@H](C)NC(=O)[C@H](C)N(Cc1c(Cl)cccc1Cl)C(=O)CCCN(c1ccc2c(c1)OCO2)S(C)(=O)=O. The van der Waals surface area contributed by atoms with Crippen molar-refractivity contribution in [1.29, 1.82) is 0 Å². The van der Waals surface area contributed by atoms with E-state index >= 15 is 0 Å². The monoisotopic (exact) mass is 585 g/mol. The van der Waals surface area contributed by atoms with Crippen LogP contribution >= 0.6 is 23.2 Å². The Morgan fingerprint density at radius 2 is 1.74 bits per heavy atom. The van der Waals surface area contributed by atoms with Gasteiger partial charge >= 0.3 is 0 Å². The minimum Gasteiger partial charge on any atom is -0.454 e. The number of carbonyl (C=O) groups is 2. The second-order valence-corrected chi connectivity index (χ2v) is 11.9. The highest BCUT2D eigenvalue weighted by atomic mass is 35.5. The third kappa shape index (κ3) is 7.45. The van der Waals surface area contributed by atoms with Crippen LogP contribution in [-0.4, -0.2) is 56.8 Å². The molecule has 2 amide bonds. The zero-order valence-corrected chi connectivity index (χ0v) is 24.2. The summed E-state index contributed by atoms with van der Waals surface area (Å²) in [7, 11) is -3.65. The van der Waals surface area contributed by atoms with E-state index in [-0.39, 0.29) is 50.6 Å². The van der Waals surface area contributed by atoms with Crippen LogP contribution in [0, 0.1) is 0 Å². The van der Waals surface area contributed by atoms with Crippen molar-refractivity contribution in [3.8, 4) is 11.5 Å². The van der Waals surface area contributed by atoms with Gasteiger partial charge < -0.3 is 19.7 Å². The van der Waals surface area contributed by atoms with Gasteiger partial charge in [0.15, 0.2) is 11.5 Å². The Morgan fingerprint density at radius 1 is 1.08 bits per heavy atom. The highest BCUT2D eigenvalue weighted by molar-refractivity contribution is 7.92. The minimum absolute atomic E-state index is 0.000402. The molecular weight excluding hydrogens is 553 g/mol. The third-order valence-corrected chi connectivity index (χ3v) is 8.26. The number of hydrogen-bond acceptors (Lipinski definition) is 6. The van der Waals surface area contributed by atoms with E-state index in [1.54, 1.807) is 43.3 Å². The number of benzene rings is 2. The predicted molar refractivity (Wildman–Crippen MR) is 148 cm³/mol. The summed E-state index contributed by atoms with van der Waals surface area (Å²) in [6, 6.07) is 9.06. The molecule has 0 spiro atoms. The van der Waals surface area contributed by atoms with E-state index in [0.29, 0.717) is 32.8 Å². The normalized spacial score (nSPS) is 14.1. The summed E-state index contributed by atoms with van der Waals surface area (Å²) in [6.07, 6.45) is 2.06. The molecule has 0 saturated carbocycles. The molecule has 0 saturated heterocycles. The Hall–Kier alpha value is -2.69. The van der Waals surface area contributed by atoms with E-state index in [9.17, 15) is 18.0 Å². The molecule has 1 aliphatic rings. The summed E-state index contributed by atoms with van der Waals surface area (Å²) >= 11 is 12.7. The van der Waals surface area contributed by atoms with Gasteiger partial charge in [-0.2, -0.15) is 0 Å². The molecule has 12 heteroatoms. The van der Waals surface area contributed by atoms with Crippen LogP contribution in [0.25, 0.3) is 0 Å². The first-order valence-electron chi connectivity index (χ1n) is 12.3. The molecule has 0 radical (unpaired) electrons. The Morgan fingerprint density at radius 3 is 2.37 bits per heavy atom. The lowest BCUT2D eigenvalue weighted by Crippen LogP contribution is -2.49. The summed E-state index contributed by atoms with van der Waals surface area (Å²) < 4.78 is 37.0. The molecule has 2 aromatic rings. The number of sulfonamides is 1. The molecular formula is C26H33Cl2N3O6S. The summed E-state index contributed by atoms with van der Waals surface area (Å²) in [5.74, 6) is 0.369. The van der Waals surface area contributed by atoms with Crippen molar-refractivity contribution >= 4 is 50.7 Å². The van der Waals surface area contributed by atoms with Gasteiger partial charge in [0.05, 0.1) is 11.9 Å². The molecule has 0 unspecified atom stereocenters. The zero-order chi connectivity index (χ0) is 28.0. The quantitative estimate of drug-likeness (QED) is 0.390. The number of nitrogens with one attached hydrogen (secondary N) is 1. The molecule has 0 aliphatic carbocycles. The number of rotatable bonds is 12. The van der Waals surface area contributed by atoms with Gasteiger partial charge in [0.25, 0.3) is 0 Å². The first kappa shape index (κ1) is 29.9. The Bertz CT molecular complexity index is 1250. The van der Waals surface area contributed by atoms with E-state index in [4.69, 9.17) is 32.7 Å². The molecule has 1 heterocycles. The molecule has 2 atom stereocenters. The Labute approximate surface area is 234 Å². The van der Waals surface area contributed by atoms with E-state index in [2.05, 4.69) is 5.32 Å². The Balaban J connectivity index is 1.77. The number of ether oxygens (including phenoxy) is 2. The molecule has 0 bridgehead atoms. The molecule has 38 heavy (non-hydrogen) atoms. The van der Waals surface area contributed by atoms with Crippen LogP contribution in [0.2, 0.25) is 10.0 Å². The van der Waals surface area contributed by atoms with Gasteiger partial charge in [-0.1, -0.05) is 36.2 Å². The van der Waals surface area contributed by atoms with Gasteiger partial charge in [0, 0.05) is 47.2 Å². The maximum absolute atomic E-state index is 13.4.